The number of nitrogens with one attached hydrogen (secondary N) is 1. The Balaban J connectivity index is 2.01. The first-order valence-corrected chi connectivity index (χ1v) is 6.19. The molecule has 0 aliphatic carbocycles. The van der Waals surface area contributed by atoms with Gasteiger partial charge in [-0.2, -0.15) is 4.98 Å². The van der Waals surface area contributed by atoms with Crippen LogP contribution < -0.4 is 15.8 Å². The number of methoxy groups -OCH3 is 1. The van der Waals surface area contributed by atoms with E-state index in [2.05, 4.69) is 15.3 Å². The van der Waals surface area contributed by atoms with Crippen LogP contribution in [0.4, 0.5) is 17.2 Å². The molecule has 0 bridgehead atoms. The van der Waals surface area contributed by atoms with Crippen LogP contribution in [0.3, 0.4) is 0 Å². The molecule has 5 nitrogen and oxygen atoms in total. The van der Waals surface area contributed by atoms with Crippen molar-refractivity contribution in [1.82, 2.24) is 9.97 Å². The lowest BCUT2D eigenvalue weighted by atomic mass is 10.2. The number of pyridine rings is 2. The third-order valence-corrected chi connectivity index (χ3v) is 2.99. The number of nitrogens with zero attached hydrogens (tertiary/aromatic N) is 2. The molecular formula is C15H14N4O. The maximum Gasteiger partial charge on any atom is 0.238 e. The van der Waals surface area contributed by atoms with Crippen molar-refractivity contribution in [3.05, 3.63) is 48.7 Å². The summed E-state index contributed by atoms with van der Waals surface area (Å²) in [4.78, 5) is 8.64. The monoisotopic (exact) mass is 266 g/mol. The number of hydrogen-bond acceptors (Lipinski definition) is 5. The summed E-state index contributed by atoms with van der Waals surface area (Å²) in [5, 5.41) is 4.30. The Morgan fingerprint density at radius 1 is 1.10 bits per heavy atom. The second-order valence-electron chi connectivity index (χ2n) is 4.30. The summed E-state index contributed by atoms with van der Waals surface area (Å²) in [6.07, 6.45) is 1.77. The molecule has 0 aliphatic rings. The predicted octanol–water partition coefficient (Wildman–Crippen LogP) is 2.96. The molecule has 3 aromatic rings. The quantitative estimate of drug-likeness (QED) is 0.762. The minimum atomic E-state index is 0.411. The van der Waals surface area contributed by atoms with Crippen LogP contribution in [-0.2, 0) is 0 Å². The first-order chi connectivity index (χ1) is 9.78. The number of rotatable bonds is 3. The molecule has 2 heterocycles. The molecule has 0 amide bonds. The van der Waals surface area contributed by atoms with E-state index in [0.29, 0.717) is 17.4 Å². The second-order valence-corrected chi connectivity index (χ2v) is 4.30. The Labute approximate surface area is 116 Å². The van der Waals surface area contributed by atoms with Crippen LogP contribution in [0.15, 0.2) is 48.7 Å². The summed E-state index contributed by atoms with van der Waals surface area (Å²) in [7, 11) is 1.55. The minimum Gasteiger partial charge on any atom is -0.479 e. The zero-order valence-corrected chi connectivity index (χ0v) is 11.0. The molecule has 5 heteroatoms. The Morgan fingerprint density at radius 3 is 2.85 bits per heavy atom. The molecule has 0 aliphatic heterocycles. The molecule has 3 N–H and O–H groups in total. The maximum absolute atomic E-state index is 5.76. The van der Waals surface area contributed by atoms with Gasteiger partial charge in [0, 0.05) is 17.3 Å². The molecule has 20 heavy (non-hydrogen) atoms. The molecule has 0 radical (unpaired) electrons. The van der Waals surface area contributed by atoms with Gasteiger partial charge in [-0.3, -0.25) is 4.98 Å². The van der Waals surface area contributed by atoms with Crippen molar-refractivity contribution in [2.75, 3.05) is 18.2 Å². The second kappa shape index (κ2) is 5.05. The van der Waals surface area contributed by atoms with Gasteiger partial charge in [-0.15, -0.1) is 0 Å². The van der Waals surface area contributed by atoms with Gasteiger partial charge in [-0.05, 0) is 36.4 Å². The van der Waals surface area contributed by atoms with Crippen LogP contribution in [0.5, 0.6) is 5.88 Å². The lowest BCUT2D eigenvalue weighted by Crippen LogP contribution is -1.99. The van der Waals surface area contributed by atoms with Gasteiger partial charge in [0.15, 0.2) is 0 Å². The molecular weight excluding hydrogens is 252 g/mol. The predicted molar refractivity (Wildman–Crippen MR) is 80.2 cm³/mol. The number of ether oxygens (including phenoxy) is 1. The molecule has 0 spiro atoms. The van der Waals surface area contributed by atoms with Gasteiger partial charge in [0.05, 0.1) is 18.3 Å². The van der Waals surface area contributed by atoms with E-state index < -0.39 is 0 Å². The number of nitrogen functional groups attached to an aromatic ring is 1. The molecule has 0 fully saturated rings. The molecule has 0 atom stereocenters. The average Bonchev–Trinajstić information content (AvgIpc) is 2.49. The Hall–Kier alpha value is -2.82. The average molecular weight is 266 g/mol. The first kappa shape index (κ1) is 12.2. The first-order valence-electron chi connectivity index (χ1n) is 6.19. The highest BCUT2D eigenvalue weighted by atomic mass is 16.5. The zero-order chi connectivity index (χ0) is 13.9. The summed E-state index contributed by atoms with van der Waals surface area (Å²) in [5.41, 5.74) is 8.14. The van der Waals surface area contributed by atoms with E-state index >= 15 is 0 Å². The number of fused-ring (bicyclic) bond motifs is 1. The van der Waals surface area contributed by atoms with Crippen LogP contribution >= 0.6 is 0 Å². The normalized spacial score (nSPS) is 10.4. The Bertz CT molecular complexity index is 752. The van der Waals surface area contributed by atoms with Crippen molar-refractivity contribution < 1.29 is 4.74 Å². The van der Waals surface area contributed by atoms with Gasteiger partial charge in [0.1, 0.15) is 5.82 Å². The smallest absolute Gasteiger partial charge is 0.238 e. The third-order valence-electron chi connectivity index (χ3n) is 2.99. The number of aromatic nitrogens is 2. The molecule has 3 rings (SSSR count). The van der Waals surface area contributed by atoms with E-state index in [1.807, 2.05) is 36.4 Å². The number of benzene rings is 1. The van der Waals surface area contributed by atoms with E-state index in [-0.39, 0.29) is 0 Å². The number of hydrogen-bond donors (Lipinski definition) is 2. The number of nitrogens with two attached hydrogens (primary N) is 1. The summed E-state index contributed by atoms with van der Waals surface area (Å²) < 4.78 is 5.12. The zero-order valence-electron chi connectivity index (χ0n) is 11.0. The standard InChI is InChI=1S/C15H14N4O/c1-20-15-11(16)7-8-14(19-15)18-13-6-2-5-12-10(13)4-3-9-17-12/h2-9H,16H2,1H3,(H,18,19). The van der Waals surface area contributed by atoms with E-state index in [1.54, 1.807) is 19.4 Å². The molecule has 0 saturated carbocycles. The van der Waals surface area contributed by atoms with Crippen molar-refractivity contribution >= 4 is 28.1 Å². The topological polar surface area (TPSA) is 73.1 Å². The van der Waals surface area contributed by atoms with Crippen molar-refractivity contribution in [3.8, 4) is 5.88 Å². The highest BCUT2D eigenvalue weighted by molar-refractivity contribution is 5.92. The van der Waals surface area contributed by atoms with Crippen LogP contribution in [0.2, 0.25) is 0 Å². The van der Waals surface area contributed by atoms with Crippen molar-refractivity contribution in [1.29, 1.82) is 0 Å². The van der Waals surface area contributed by atoms with Gasteiger partial charge in [0.2, 0.25) is 5.88 Å². The number of anilines is 3. The third kappa shape index (κ3) is 2.21. The molecule has 1 aromatic carbocycles. The highest BCUT2D eigenvalue weighted by Gasteiger charge is 2.05. The summed E-state index contributed by atoms with van der Waals surface area (Å²) >= 11 is 0. The van der Waals surface area contributed by atoms with E-state index in [0.717, 1.165) is 16.6 Å². The van der Waals surface area contributed by atoms with E-state index in [9.17, 15) is 0 Å². The highest BCUT2D eigenvalue weighted by Crippen LogP contribution is 2.26. The van der Waals surface area contributed by atoms with Crippen molar-refractivity contribution in [3.63, 3.8) is 0 Å². The lowest BCUT2D eigenvalue weighted by Gasteiger charge is -2.10. The fourth-order valence-electron chi connectivity index (χ4n) is 2.03. The van der Waals surface area contributed by atoms with Gasteiger partial charge in [-0.1, -0.05) is 6.07 Å². The summed E-state index contributed by atoms with van der Waals surface area (Å²) in [5.74, 6) is 1.08. The Kier molecular flexibility index (Phi) is 3.09. The summed E-state index contributed by atoms with van der Waals surface area (Å²) in [6, 6.07) is 13.4. The molecule has 0 saturated heterocycles. The SMILES string of the molecule is COc1nc(Nc2cccc3ncccc23)ccc1N. The minimum absolute atomic E-state index is 0.411. The van der Waals surface area contributed by atoms with Crippen molar-refractivity contribution in [2.45, 2.75) is 0 Å². The van der Waals surface area contributed by atoms with Gasteiger partial charge >= 0.3 is 0 Å². The summed E-state index contributed by atoms with van der Waals surface area (Å²) in [6.45, 7) is 0. The van der Waals surface area contributed by atoms with Crippen molar-refractivity contribution in [2.24, 2.45) is 0 Å². The molecule has 0 unspecified atom stereocenters. The fraction of sp³-hybridized carbons (Fsp3) is 0.0667. The van der Waals surface area contributed by atoms with Gasteiger partial charge in [-0.25, -0.2) is 0 Å². The largest absolute Gasteiger partial charge is 0.479 e. The maximum atomic E-state index is 5.76. The lowest BCUT2D eigenvalue weighted by molar-refractivity contribution is 0.401. The van der Waals surface area contributed by atoms with Gasteiger partial charge < -0.3 is 15.8 Å². The fourth-order valence-corrected chi connectivity index (χ4v) is 2.03. The van der Waals surface area contributed by atoms with Crippen LogP contribution in [0.1, 0.15) is 0 Å². The molecule has 2 aromatic heterocycles. The molecule has 100 valence electrons. The van der Waals surface area contributed by atoms with E-state index in [4.69, 9.17) is 10.5 Å². The van der Waals surface area contributed by atoms with Gasteiger partial charge in [0.25, 0.3) is 0 Å². The Morgan fingerprint density at radius 2 is 2.00 bits per heavy atom. The van der Waals surface area contributed by atoms with Crippen LogP contribution in [0.25, 0.3) is 10.9 Å². The van der Waals surface area contributed by atoms with Crippen LogP contribution in [-0.4, -0.2) is 17.1 Å². The van der Waals surface area contributed by atoms with Crippen LogP contribution in [0, 0.1) is 0 Å². The van der Waals surface area contributed by atoms with E-state index in [1.165, 1.54) is 0 Å².